The second kappa shape index (κ2) is 7.92. The quantitative estimate of drug-likeness (QED) is 0.780. The van der Waals surface area contributed by atoms with E-state index in [4.69, 9.17) is 10.5 Å². The Morgan fingerprint density at radius 1 is 1.29 bits per heavy atom. The molecule has 4 nitrogen and oxygen atoms in total. The van der Waals surface area contributed by atoms with Gasteiger partial charge < -0.3 is 15.8 Å². The van der Waals surface area contributed by atoms with Crippen LogP contribution in [0.4, 0.5) is 0 Å². The van der Waals surface area contributed by atoms with Gasteiger partial charge in [0.15, 0.2) is 0 Å². The van der Waals surface area contributed by atoms with Crippen molar-refractivity contribution in [1.29, 1.82) is 0 Å². The molecule has 0 bridgehead atoms. The summed E-state index contributed by atoms with van der Waals surface area (Å²) >= 11 is 0. The highest BCUT2D eigenvalue weighted by molar-refractivity contribution is 5.85. The molecule has 0 saturated carbocycles. The molecule has 0 radical (unpaired) electrons. The van der Waals surface area contributed by atoms with E-state index in [0.29, 0.717) is 13.2 Å². The molecule has 1 amide bonds. The number of aryl methyl sites for hydroxylation is 2. The van der Waals surface area contributed by atoms with Crippen LogP contribution in [0.3, 0.4) is 0 Å². The summed E-state index contributed by atoms with van der Waals surface area (Å²) in [5, 5.41) is 2.64. The fourth-order valence-electron chi connectivity index (χ4n) is 1.45. The van der Waals surface area contributed by atoms with Crippen molar-refractivity contribution >= 4 is 18.3 Å². The van der Waals surface area contributed by atoms with E-state index in [9.17, 15) is 4.79 Å². The Kier molecular flexibility index (Phi) is 7.34. The van der Waals surface area contributed by atoms with Crippen LogP contribution in [0.2, 0.25) is 0 Å². The lowest BCUT2D eigenvalue weighted by atomic mass is 10.1. The third kappa shape index (κ3) is 6.14. The molecule has 0 atom stereocenters. The van der Waals surface area contributed by atoms with Crippen molar-refractivity contribution < 1.29 is 9.53 Å². The average molecular weight is 259 g/mol. The molecular formula is C12H19ClN2O2. The second-order valence-corrected chi connectivity index (χ2v) is 3.73. The van der Waals surface area contributed by atoms with Crippen LogP contribution in [0, 0.1) is 13.8 Å². The molecule has 0 unspecified atom stereocenters. The first-order valence-corrected chi connectivity index (χ1v) is 5.29. The van der Waals surface area contributed by atoms with Crippen LogP contribution in [-0.2, 0) is 4.79 Å². The topological polar surface area (TPSA) is 64.3 Å². The zero-order valence-corrected chi connectivity index (χ0v) is 11.0. The maximum atomic E-state index is 10.8. The Balaban J connectivity index is 0.00000256. The molecule has 0 aliphatic carbocycles. The Hall–Kier alpha value is -1.26. The molecular weight excluding hydrogens is 240 g/mol. The van der Waals surface area contributed by atoms with Gasteiger partial charge in [0.1, 0.15) is 12.4 Å². The number of hydrogen-bond donors (Lipinski definition) is 2. The SMILES string of the molecule is Cc1cc(C)cc(OCCNC(=O)CN)c1.Cl. The molecule has 0 aliphatic heterocycles. The van der Waals surface area contributed by atoms with E-state index >= 15 is 0 Å². The molecule has 0 spiro atoms. The predicted molar refractivity (Wildman–Crippen MR) is 70.7 cm³/mol. The summed E-state index contributed by atoms with van der Waals surface area (Å²) in [6, 6.07) is 6.03. The first kappa shape index (κ1) is 15.7. The van der Waals surface area contributed by atoms with E-state index in [1.54, 1.807) is 0 Å². The third-order valence-corrected chi connectivity index (χ3v) is 2.07. The Bertz CT molecular complexity index is 349. The van der Waals surface area contributed by atoms with Gasteiger partial charge in [-0.15, -0.1) is 12.4 Å². The normalized spacial score (nSPS) is 9.35. The Morgan fingerprint density at radius 2 is 1.88 bits per heavy atom. The second-order valence-electron chi connectivity index (χ2n) is 3.73. The summed E-state index contributed by atoms with van der Waals surface area (Å²) in [4.78, 5) is 10.8. The molecule has 17 heavy (non-hydrogen) atoms. The van der Waals surface area contributed by atoms with E-state index in [0.717, 1.165) is 5.75 Å². The van der Waals surface area contributed by atoms with Crippen molar-refractivity contribution in [3.63, 3.8) is 0 Å². The number of benzene rings is 1. The van der Waals surface area contributed by atoms with Crippen LogP contribution in [0.5, 0.6) is 5.75 Å². The largest absolute Gasteiger partial charge is 0.492 e. The summed E-state index contributed by atoms with van der Waals surface area (Å²) in [6.07, 6.45) is 0. The maximum Gasteiger partial charge on any atom is 0.233 e. The molecule has 1 aromatic rings. The number of rotatable bonds is 5. The lowest BCUT2D eigenvalue weighted by Gasteiger charge is -2.08. The van der Waals surface area contributed by atoms with Crippen molar-refractivity contribution in [2.24, 2.45) is 5.73 Å². The minimum atomic E-state index is -0.163. The highest BCUT2D eigenvalue weighted by Gasteiger charge is 1.98. The Morgan fingerprint density at radius 3 is 2.41 bits per heavy atom. The van der Waals surface area contributed by atoms with Crippen molar-refractivity contribution in [2.45, 2.75) is 13.8 Å². The average Bonchev–Trinajstić information content (AvgIpc) is 2.22. The van der Waals surface area contributed by atoms with Gasteiger partial charge in [-0.25, -0.2) is 0 Å². The number of nitrogens with two attached hydrogens (primary N) is 1. The van der Waals surface area contributed by atoms with Gasteiger partial charge in [0, 0.05) is 0 Å². The zero-order chi connectivity index (χ0) is 12.0. The standard InChI is InChI=1S/C12H18N2O2.ClH/c1-9-5-10(2)7-11(6-9)16-4-3-14-12(15)8-13;/h5-7H,3-4,8,13H2,1-2H3,(H,14,15);1H. The number of hydrogen-bond acceptors (Lipinski definition) is 3. The van der Waals surface area contributed by atoms with Gasteiger partial charge in [0.05, 0.1) is 13.1 Å². The van der Waals surface area contributed by atoms with E-state index in [1.807, 2.05) is 26.0 Å². The summed E-state index contributed by atoms with van der Waals surface area (Å²) in [6.45, 7) is 4.99. The van der Waals surface area contributed by atoms with Gasteiger partial charge in [-0.05, 0) is 37.1 Å². The van der Waals surface area contributed by atoms with Gasteiger partial charge in [-0.3, -0.25) is 4.79 Å². The van der Waals surface area contributed by atoms with Crippen LogP contribution in [0.25, 0.3) is 0 Å². The molecule has 0 fully saturated rings. The van der Waals surface area contributed by atoms with Gasteiger partial charge in [-0.2, -0.15) is 0 Å². The molecule has 5 heteroatoms. The third-order valence-electron chi connectivity index (χ3n) is 2.07. The first-order valence-electron chi connectivity index (χ1n) is 5.29. The van der Waals surface area contributed by atoms with Crippen molar-refractivity contribution in [2.75, 3.05) is 19.7 Å². The van der Waals surface area contributed by atoms with E-state index in [-0.39, 0.29) is 24.9 Å². The van der Waals surface area contributed by atoms with Crippen LogP contribution in [0.15, 0.2) is 18.2 Å². The van der Waals surface area contributed by atoms with E-state index in [2.05, 4.69) is 11.4 Å². The smallest absolute Gasteiger partial charge is 0.233 e. The maximum absolute atomic E-state index is 10.8. The predicted octanol–water partition coefficient (Wildman–Crippen LogP) is 1.18. The fourth-order valence-corrected chi connectivity index (χ4v) is 1.45. The minimum absolute atomic E-state index is 0. The number of nitrogens with one attached hydrogen (secondary N) is 1. The lowest BCUT2D eigenvalue weighted by molar-refractivity contribution is -0.119. The van der Waals surface area contributed by atoms with Gasteiger partial charge >= 0.3 is 0 Å². The van der Waals surface area contributed by atoms with Gasteiger partial charge in [0.2, 0.25) is 5.91 Å². The molecule has 1 rings (SSSR count). The number of ether oxygens (including phenoxy) is 1. The van der Waals surface area contributed by atoms with Crippen molar-refractivity contribution in [3.8, 4) is 5.75 Å². The summed E-state index contributed by atoms with van der Waals surface area (Å²) < 4.78 is 5.51. The van der Waals surface area contributed by atoms with Crippen LogP contribution in [0.1, 0.15) is 11.1 Å². The summed E-state index contributed by atoms with van der Waals surface area (Å²) in [5.41, 5.74) is 7.49. The van der Waals surface area contributed by atoms with Crippen molar-refractivity contribution in [1.82, 2.24) is 5.32 Å². The molecule has 1 aromatic carbocycles. The minimum Gasteiger partial charge on any atom is -0.492 e. The summed E-state index contributed by atoms with van der Waals surface area (Å²) in [7, 11) is 0. The van der Waals surface area contributed by atoms with Crippen LogP contribution in [-0.4, -0.2) is 25.6 Å². The molecule has 3 N–H and O–H groups in total. The fraction of sp³-hybridized carbons (Fsp3) is 0.417. The van der Waals surface area contributed by atoms with Crippen LogP contribution >= 0.6 is 12.4 Å². The number of halogens is 1. The highest BCUT2D eigenvalue weighted by Crippen LogP contribution is 2.15. The van der Waals surface area contributed by atoms with E-state index < -0.39 is 0 Å². The Labute approximate surface area is 108 Å². The molecule has 0 heterocycles. The van der Waals surface area contributed by atoms with E-state index in [1.165, 1.54) is 11.1 Å². The molecule has 0 aliphatic rings. The van der Waals surface area contributed by atoms with Crippen LogP contribution < -0.4 is 15.8 Å². The van der Waals surface area contributed by atoms with Gasteiger partial charge in [-0.1, -0.05) is 6.07 Å². The zero-order valence-electron chi connectivity index (χ0n) is 10.2. The monoisotopic (exact) mass is 258 g/mol. The molecule has 96 valence electrons. The van der Waals surface area contributed by atoms with Crippen molar-refractivity contribution in [3.05, 3.63) is 29.3 Å². The van der Waals surface area contributed by atoms with Gasteiger partial charge in [0.25, 0.3) is 0 Å². The number of carbonyl (C=O) groups is 1. The lowest BCUT2D eigenvalue weighted by Crippen LogP contribution is -2.33. The molecule has 0 saturated heterocycles. The summed E-state index contributed by atoms with van der Waals surface area (Å²) in [5.74, 6) is 0.670. The highest BCUT2D eigenvalue weighted by atomic mass is 35.5. The number of carbonyl (C=O) groups excluding carboxylic acids is 1. The number of amides is 1. The molecule has 0 aromatic heterocycles. The first-order chi connectivity index (χ1) is 7.61.